The SMILES string of the molecule is CS(=O)(=O)CCC(NC(=O)c1ccc(Cl)cc1)C(=O)NCC(=O)O. The molecule has 1 atom stereocenters. The fraction of sp³-hybridized carbons (Fsp3) is 0.357. The van der Waals surface area contributed by atoms with Crippen molar-refractivity contribution in [1.29, 1.82) is 0 Å². The number of aliphatic carboxylic acids is 1. The zero-order valence-corrected chi connectivity index (χ0v) is 14.4. The summed E-state index contributed by atoms with van der Waals surface area (Å²) >= 11 is 5.73. The molecule has 0 radical (unpaired) electrons. The third kappa shape index (κ3) is 7.42. The van der Waals surface area contributed by atoms with E-state index in [0.717, 1.165) is 6.26 Å². The highest BCUT2D eigenvalue weighted by Crippen LogP contribution is 2.10. The van der Waals surface area contributed by atoms with E-state index in [0.29, 0.717) is 5.02 Å². The first-order valence-corrected chi connectivity index (χ1v) is 9.26. The van der Waals surface area contributed by atoms with Crippen molar-refractivity contribution >= 4 is 39.2 Å². The number of sulfone groups is 1. The first-order chi connectivity index (χ1) is 11.1. The van der Waals surface area contributed by atoms with Crippen LogP contribution in [-0.4, -0.2) is 55.9 Å². The molecular weight excluding hydrogens is 360 g/mol. The van der Waals surface area contributed by atoms with Crippen molar-refractivity contribution in [2.24, 2.45) is 0 Å². The molecule has 132 valence electrons. The highest BCUT2D eigenvalue weighted by atomic mass is 35.5. The number of benzene rings is 1. The summed E-state index contributed by atoms with van der Waals surface area (Å²) in [4.78, 5) is 34.6. The number of carbonyl (C=O) groups excluding carboxylic acids is 2. The molecule has 0 bridgehead atoms. The molecule has 2 amide bonds. The van der Waals surface area contributed by atoms with Crippen LogP contribution < -0.4 is 10.6 Å². The molecule has 0 aliphatic heterocycles. The van der Waals surface area contributed by atoms with Gasteiger partial charge in [0.1, 0.15) is 22.4 Å². The minimum atomic E-state index is -3.36. The molecule has 0 fully saturated rings. The van der Waals surface area contributed by atoms with E-state index in [1.165, 1.54) is 24.3 Å². The molecule has 1 aromatic carbocycles. The monoisotopic (exact) mass is 376 g/mol. The second-order valence-corrected chi connectivity index (χ2v) is 7.76. The van der Waals surface area contributed by atoms with Crippen molar-refractivity contribution in [3.8, 4) is 0 Å². The fourth-order valence-electron chi connectivity index (χ4n) is 1.73. The van der Waals surface area contributed by atoms with Crippen LogP contribution in [0.4, 0.5) is 0 Å². The van der Waals surface area contributed by atoms with E-state index in [1.807, 2.05) is 0 Å². The Morgan fingerprint density at radius 1 is 1.21 bits per heavy atom. The summed E-state index contributed by atoms with van der Waals surface area (Å²) in [6, 6.07) is 4.70. The van der Waals surface area contributed by atoms with Crippen molar-refractivity contribution in [2.75, 3.05) is 18.6 Å². The Labute approximate surface area is 144 Å². The number of carboxylic acids is 1. The Bertz CT molecular complexity index is 717. The maximum absolute atomic E-state index is 12.1. The zero-order valence-electron chi connectivity index (χ0n) is 12.8. The third-order valence-electron chi connectivity index (χ3n) is 2.92. The smallest absolute Gasteiger partial charge is 0.322 e. The quantitative estimate of drug-likeness (QED) is 0.588. The van der Waals surface area contributed by atoms with Gasteiger partial charge in [0, 0.05) is 16.8 Å². The summed E-state index contributed by atoms with van der Waals surface area (Å²) < 4.78 is 22.5. The van der Waals surface area contributed by atoms with Crippen LogP contribution in [0.25, 0.3) is 0 Å². The number of carboxylic acid groups (broad SMARTS) is 1. The summed E-state index contributed by atoms with van der Waals surface area (Å²) in [5.41, 5.74) is 0.231. The van der Waals surface area contributed by atoms with Crippen LogP contribution in [0, 0.1) is 0 Å². The molecule has 10 heteroatoms. The van der Waals surface area contributed by atoms with Crippen molar-refractivity contribution < 1.29 is 27.9 Å². The van der Waals surface area contributed by atoms with Crippen LogP contribution in [0.5, 0.6) is 0 Å². The normalized spacial score (nSPS) is 12.2. The number of halogens is 1. The Kier molecular flexibility index (Phi) is 7.18. The van der Waals surface area contributed by atoms with E-state index >= 15 is 0 Å². The van der Waals surface area contributed by atoms with Gasteiger partial charge in [-0.05, 0) is 30.7 Å². The van der Waals surface area contributed by atoms with Gasteiger partial charge in [0.25, 0.3) is 5.91 Å². The van der Waals surface area contributed by atoms with Crippen LogP contribution in [0.3, 0.4) is 0 Å². The second kappa shape index (κ2) is 8.65. The molecule has 1 unspecified atom stereocenters. The molecule has 0 aromatic heterocycles. The number of hydrogen-bond acceptors (Lipinski definition) is 5. The molecule has 0 saturated heterocycles. The zero-order chi connectivity index (χ0) is 18.3. The molecule has 0 aliphatic carbocycles. The molecular formula is C14H17ClN2O6S. The third-order valence-corrected chi connectivity index (χ3v) is 4.15. The number of rotatable bonds is 8. The van der Waals surface area contributed by atoms with E-state index in [2.05, 4.69) is 10.6 Å². The van der Waals surface area contributed by atoms with Gasteiger partial charge in [0.05, 0.1) is 5.75 Å². The molecule has 3 N–H and O–H groups in total. The minimum Gasteiger partial charge on any atom is -0.480 e. The van der Waals surface area contributed by atoms with Crippen molar-refractivity contribution in [1.82, 2.24) is 10.6 Å². The molecule has 24 heavy (non-hydrogen) atoms. The summed E-state index contributed by atoms with van der Waals surface area (Å²) in [6.45, 7) is -0.634. The van der Waals surface area contributed by atoms with E-state index in [-0.39, 0.29) is 17.7 Å². The molecule has 1 rings (SSSR count). The summed E-state index contributed by atoms with van der Waals surface area (Å²) in [5, 5.41) is 13.5. The van der Waals surface area contributed by atoms with Gasteiger partial charge in [-0.25, -0.2) is 8.42 Å². The maximum atomic E-state index is 12.1. The first-order valence-electron chi connectivity index (χ1n) is 6.82. The minimum absolute atomic E-state index is 0.177. The number of carbonyl (C=O) groups is 3. The topological polar surface area (TPSA) is 130 Å². The van der Waals surface area contributed by atoms with Crippen LogP contribution in [0.15, 0.2) is 24.3 Å². The predicted molar refractivity (Wildman–Crippen MR) is 87.7 cm³/mol. The van der Waals surface area contributed by atoms with Crippen LogP contribution >= 0.6 is 11.6 Å². The van der Waals surface area contributed by atoms with E-state index in [4.69, 9.17) is 16.7 Å². The Morgan fingerprint density at radius 2 is 1.79 bits per heavy atom. The maximum Gasteiger partial charge on any atom is 0.322 e. The van der Waals surface area contributed by atoms with Gasteiger partial charge >= 0.3 is 5.97 Å². The highest BCUT2D eigenvalue weighted by Gasteiger charge is 2.23. The lowest BCUT2D eigenvalue weighted by Gasteiger charge is -2.17. The second-order valence-electron chi connectivity index (χ2n) is 5.06. The Balaban J connectivity index is 2.82. The standard InChI is InChI=1S/C14H17ClN2O6S/c1-24(22,23)7-6-11(14(21)16-8-12(18)19)17-13(20)9-2-4-10(15)5-3-9/h2-5,11H,6-8H2,1H3,(H,16,21)(H,17,20)(H,18,19). The van der Waals surface area contributed by atoms with E-state index < -0.39 is 40.2 Å². The summed E-state index contributed by atoms with van der Waals surface area (Å²) in [6.07, 6.45) is 0.823. The van der Waals surface area contributed by atoms with Gasteiger partial charge in [0.15, 0.2) is 0 Å². The van der Waals surface area contributed by atoms with Crippen LogP contribution in [-0.2, 0) is 19.4 Å². The van der Waals surface area contributed by atoms with Gasteiger partial charge in [0.2, 0.25) is 5.91 Å². The Morgan fingerprint density at radius 3 is 2.29 bits per heavy atom. The molecule has 8 nitrogen and oxygen atoms in total. The van der Waals surface area contributed by atoms with Gasteiger partial charge in [-0.15, -0.1) is 0 Å². The van der Waals surface area contributed by atoms with Crippen LogP contribution in [0.2, 0.25) is 5.02 Å². The molecule has 0 saturated carbocycles. The molecule has 0 spiro atoms. The number of amides is 2. The molecule has 0 heterocycles. The average molecular weight is 377 g/mol. The lowest BCUT2D eigenvalue weighted by molar-refractivity contribution is -0.138. The highest BCUT2D eigenvalue weighted by molar-refractivity contribution is 7.90. The lowest BCUT2D eigenvalue weighted by Crippen LogP contribution is -2.48. The summed E-state index contributed by atoms with van der Waals surface area (Å²) in [5.74, 6) is -2.97. The van der Waals surface area contributed by atoms with Gasteiger partial charge in [-0.3, -0.25) is 14.4 Å². The average Bonchev–Trinajstić information content (AvgIpc) is 2.48. The summed E-state index contributed by atoms with van der Waals surface area (Å²) in [7, 11) is -3.36. The van der Waals surface area contributed by atoms with Crippen LogP contribution in [0.1, 0.15) is 16.8 Å². The predicted octanol–water partition coefficient (Wildman–Crippen LogP) is 0.0739. The van der Waals surface area contributed by atoms with Gasteiger partial charge in [-0.2, -0.15) is 0 Å². The first kappa shape index (κ1) is 19.9. The lowest BCUT2D eigenvalue weighted by atomic mass is 10.1. The van der Waals surface area contributed by atoms with Crippen molar-refractivity contribution in [3.63, 3.8) is 0 Å². The van der Waals surface area contributed by atoms with Crippen molar-refractivity contribution in [2.45, 2.75) is 12.5 Å². The van der Waals surface area contributed by atoms with Crippen molar-refractivity contribution in [3.05, 3.63) is 34.9 Å². The molecule has 0 aliphatic rings. The number of hydrogen-bond donors (Lipinski definition) is 3. The largest absolute Gasteiger partial charge is 0.480 e. The van der Waals surface area contributed by atoms with Gasteiger partial charge < -0.3 is 15.7 Å². The number of nitrogens with one attached hydrogen (secondary N) is 2. The fourth-order valence-corrected chi connectivity index (χ4v) is 2.52. The van der Waals surface area contributed by atoms with Gasteiger partial charge in [-0.1, -0.05) is 11.6 Å². The Hall–Kier alpha value is -2.13. The van der Waals surface area contributed by atoms with E-state index in [9.17, 15) is 22.8 Å². The van der Waals surface area contributed by atoms with E-state index in [1.54, 1.807) is 0 Å². The molecule has 1 aromatic rings.